The van der Waals surface area contributed by atoms with Gasteiger partial charge in [0.05, 0.1) is 41.9 Å². The van der Waals surface area contributed by atoms with Crippen LogP contribution in [0.2, 0.25) is 0 Å². The van der Waals surface area contributed by atoms with E-state index in [1.54, 1.807) is 30.6 Å². The van der Waals surface area contributed by atoms with E-state index in [9.17, 15) is 4.39 Å². The smallest absolute Gasteiger partial charge is 0.158 e. The summed E-state index contributed by atoms with van der Waals surface area (Å²) in [5.41, 5.74) is 3.40. The number of halogens is 2. The van der Waals surface area contributed by atoms with Crippen LogP contribution in [0.5, 0.6) is 0 Å². The van der Waals surface area contributed by atoms with Crippen LogP contribution in [0.4, 0.5) is 4.39 Å². The molecule has 0 amide bonds. The van der Waals surface area contributed by atoms with E-state index in [4.69, 9.17) is 4.52 Å². The monoisotopic (exact) mass is 452 g/mol. The van der Waals surface area contributed by atoms with Crippen molar-refractivity contribution in [1.29, 1.82) is 0 Å². The Hall–Kier alpha value is -3.33. The van der Waals surface area contributed by atoms with Gasteiger partial charge in [0.25, 0.3) is 0 Å². The van der Waals surface area contributed by atoms with Gasteiger partial charge in [-0.05, 0) is 40.2 Å². The molecule has 1 N–H and O–H groups in total. The van der Waals surface area contributed by atoms with Crippen molar-refractivity contribution >= 4 is 22.1 Å². The minimum absolute atomic E-state index is 0.317. The number of benzene rings is 1. The lowest BCUT2D eigenvalue weighted by Crippen LogP contribution is -2.21. The van der Waals surface area contributed by atoms with Crippen LogP contribution >= 0.6 is 15.9 Å². The van der Waals surface area contributed by atoms with E-state index >= 15 is 0 Å². The number of nitrogens with zero attached hydrogens (tertiary/aromatic N) is 5. The second kappa shape index (κ2) is 7.25. The Morgan fingerprint density at radius 1 is 1.17 bits per heavy atom. The highest BCUT2D eigenvalue weighted by Gasteiger charge is 2.20. The molecule has 0 atom stereocenters. The van der Waals surface area contributed by atoms with E-state index in [0.717, 1.165) is 21.6 Å². The van der Waals surface area contributed by atoms with Crippen molar-refractivity contribution in [3.05, 3.63) is 76.1 Å². The van der Waals surface area contributed by atoms with E-state index in [0.29, 0.717) is 35.9 Å². The number of rotatable bonds is 4. The fourth-order valence-electron chi connectivity index (χ4n) is 3.10. The Morgan fingerprint density at radius 3 is 2.90 bits per heavy atom. The number of imidazole rings is 1. The van der Waals surface area contributed by atoms with E-state index in [-0.39, 0.29) is 5.82 Å². The topological polar surface area (TPSA) is 83.2 Å². The molecule has 0 spiro atoms. The molecule has 0 fully saturated rings. The molecular formula is C20H14BrFN6O. The fraction of sp³-hybridized carbons (Fsp3) is 0.100. The van der Waals surface area contributed by atoms with E-state index in [1.807, 2.05) is 23.2 Å². The lowest BCUT2D eigenvalue weighted by molar-refractivity contribution is 0.229. The number of aromatic amines is 1. The van der Waals surface area contributed by atoms with Gasteiger partial charge in [0.15, 0.2) is 5.76 Å². The molecule has 4 aromatic rings. The van der Waals surface area contributed by atoms with Gasteiger partial charge in [0, 0.05) is 16.7 Å². The lowest BCUT2D eigenvalue weighted by Gasteiger charge is -2.19. The summed E-state index contributed by atoms with van der Waals surface area (Å²) in [6, 6.07) is 12.2. The number of pyridine rings is 1. The molecule has 29 heavy (non-hydrogen) atoms. The predicted molar refractivity (Wildman–Crippen MR) is 108 cm³/mol. The number of fused-ring (bicyclic) bond motifs is 1. The third-order valence-corrected chi connectivity index (χ3v) is 4.98. The first-order valence-electron chi connectivity index (χ1n) is 8.86. The van der Waals surface area contributed by atoms with Gasteiger partial charge in [-0.25, -0.2) is 9.37 Å². The van der Waals surface area contributed by atoms with Gasteiger partial charge < -0.3 is 9.51 Å². The molecular weight excluding hydrogens is 439 g/mol. The summed E-state index contributed by atoms with van der Waals surface area (Å²) in [4.78, 5) is 12.0. The molecule has 0 radical (unpaired) electrons. The van der Waals surface area contributed by atoms with Crippen LogP contribution in [-0.4, -0.2) is 31.3 Å². The molecule has 0 saturated carbocycles. The molecule has 1 aliphatic heterocycles. The quantitative estimate of drug-likeness (QED) is 0.496. The second-order valence-electron chi connectivity index (χ2n) is 6.53. The van der Waals surface area contributed by atoms with Crippen molar-refractivity contribution in [2.45, 2.75) is 13.1 Å². The van der Waals surface area contributed by atoms with E-state index in [2.05, 4.69) is 41.1 Å². The molecule has 9 heteroatoms. The van der Waals surface area contributed by atoms with E-state index in [1.165, 1.54) is 6.07 Å². The third-order valence-electron chi connectivity index (χ3n) is 4.51. The van der Waals surface area contributed by atoms with Crippen molar-refractivity contribution in [1.82, 2.24) is 25.1 Å². The summed E-state index contributed by atoms with van der Waals surface area (Å²) in [5, 5.41) is 10.3. The Balaban J connectivity index is 1.32. The maximum Gasteiger partial charge on any atom is 0.158 e. The van der Waals surface area contributed by atoms with Gasteiger partial charge in [-0.2, -0.15) is 5.10 Å². The van der Waals surface area contributed by atoms with Crippen molar-refractivity contribution in [2.75, 3.05) is 0 Å². The number of hydrogen-bond acceptors (Lipinski definition) is 6. The molecule has 1 aliphatic rings. The molecule has 0 unspecified atom stereocenters. The zero-order valence-corrected chi connectivity index (χ0v) is 16.6. The normalized spacial score (nSPS) is 13.0. The Bertz CT molecular complexity index is 1200. The lowest BCUT2D eigenvalue weighted by atomic mass is 10.2. The van der Waals surface area contributed by atoms with Gasteiger partial charge in [-0.3, -0.25) is 9.99 Å². The Morgan fingerprint density at radius 2 is 2.07 bits per heavy atom. The van der Waals surface area contributed by atoms with Gasteiger partial charge in [0.2, 0.25) is 0 Å². The first-order chi connectivity index (χ1) is 14.2. The summed E-state index contributed by atoms with van der Waals surface area (Å²) in [5.74, 6) is 0.836. The predicted octanol–water partition coefficient (Wildman–Crippen LogP) is 4.38. The van der Waals surface area contributed by atoms with Crippen LogP contribution in [0.3, 0.4) is 0 Å². The summed E-state index contributed by atoms with van der Waals surface area (Å²) < 4.78 is 20.4. The average molecular weight is 453 g/mol. The van der Waals surface area contributed by atoms with Crippen LogP contribution in [0.1, 0.15) is 17.1 Å². The number of nitrogens with one attached hydrogen (secondary N) is 1. The van der Waals surface area contributed by atoms with E-state index < -0.39 is 0 Å². The second-order valence-corrected chi connectivity index (χ2v) is 7.45. The first kappa shape index (κ1) is 17.7. The molecule has 3 aromatic heterocycles. The summed E-state index contributed by atoms with van der Waals surface area (Å²) in [7, 11) is 0. The van der Waals surface area contributed by atoms with Crippen molar-refractivity contribution in [3.63, 3.8) is 0 Å². The summed E-state index contributed by atoms with van der Waals surface area (Å²) >= 11 is 3.36. The molecule has 5 rings (SSSR count). The zero-order chi connectivity index (χ0) is 19.8. The standard InChI is InChI=1S/C20H14BrFN6O/c21-12-5-6-16(23-8-12)17-7-13(29-27-17)10-28-11-19-18(9-24-28)25-20(26-19)14-3-1-2-4-15(14)22/h1-9H,10-11H2,(H,25,26). The summed E-state index contributed by atoms with van der Waals surface area (Å²) in [6.45, 7) is 0.907. The minimum atomic E-state index is -0.317. The third kappa shape index (κ3) is 3.56. The molecule has 0 aliphatic carbocycles. The SMILES string of the molecule is Fc1ccccc1-c1nc2c([nH]1)C=NN(Cc1cc(-c3ccc(Br)cn3)no1)C2. The maximum atomic E-state index is 14.0. The highest BCUT2D eigenvalue weighted by molar-refractivity contribution is 9.10. The van der Waals surface area contributed by atoms with Crippen LogP contribution < -0.4 is 0 Å². The number of hydrogen-bond donors (Lipinski definition) is 1. The highest BCUT2D eigenvalue weighted by atomic mass is 79.9. The van der Waals surface area contributed by atoms with Crippen molar-refractivity contribution in [3.8, 4) is 22.8 Å². The maximum absolute atomic E-state index is 14.0. The van der Waals surface area contributed by atoms with Crippen LogP contribution in [0.25, 0.3) is 22.8 Å². The van der Waals surface area contributed by atoms with Crippen molar-refractivity contribution in [2.24, 2.45) is 5.10 Å². The molecule has 1 aromatic carbocycles. The highest BCUT2D eigenvalue weighted by Crippen LogP contribution is 2.25. The Kier molecular flexibility index (Phi) is 4.44. The average Bonchev–Trinajstić information content (AvgIpc) is 3.35. The molecule has 0 bridgehead atoms. The van der Waals surface area contributed by atoms with Gasteiger partial charge >= 0.3 is 0 Å². The summed E-state index contributed by atoms with van der Waals surface area (Å²) in [6.07, 6.45) is 3.40. The minimum Gasteiger partial charge on any atom is -0.359 e. The van der Waals surface area contributed by atoms with Crippen LogP contribution in [0, 0.1) is 5.82 Å². The molecule has 4 heterocycles. The largest absolute Gasteiger partial charge is 0.359 e. The zero-order valence-electron chi connectivity index (χ0n) is 15.0. The van der Waals surface area contributed by atoms with Crippen molar-refractivity contribution < 1.29 is 8.91 Å². The molecule has 0 saturated heterocycles. The molecule has 7 nitrogen and oxygen atoms in total. The van der Waals surface area contributed by atoms with Gasteiger partial charge in [0.1, 0.15) is 17.3 Å². The number of H-pyrrole nitrogens is 1. The number of hydrazone groups is 1. The number of aromatic nitrogens is 4. The van der Waals surface area contributed by atoms with Crippen LogP contribution in [-0.2, 0) is 13.1 Å². The van der Waals surface area contributed by atoms with Gasteiger partial charge in [-0.15, -0.1) is 0 Å². The fourth-order valence-corrected chi connectivity index (χ4v) is 3.33. The van der Waals surface area contributed by atoms with Crippen LogP contribution in [0.15, 0.2) is 62.8 Å². The van der Waals surface area contributed by atoms with Gasteiger partial charge in [-0.1, -0.05) is 17.3 Å². The Labute approximate surface area is 173 Å². The first-order valence-corrected chi connectivity index (χ1v) is 9.65. The molecule has 144 valence electrons.